The first-order chi connectivity index (χ1) is 16.1. The number of aromatic nitrogens is 6. The molecule has 0 amide bonds. The maximum Gasteiger partial charge on any atom is 0.207 e. The number of nitrogens with zero attached hydrogens (tertiary/aromatic N) is 7. The third-order valence-corrected chi connectivity index (χ3v) is 5.57. The number of anilines is 2. The van der Waals surface area contributed by atoms with Gasteiger partial charge in [-0.15, -0.1) is 0 Å². The lowest BCUT2D eigenvalue weighted by Crippen LogP contribution is -2.35. The monoisotopic (exact) mass is 446 g/mol. The van der Waals surface area contributed by atoms with E-state index >= 15 is 4.39 Å². The highest BCUT2D eigenvalue weighted by molar-refractivity contribution is 5.66. The molecule has 0 fully saturated rings. The fourth-order valence-corrected chi connectivity index (χ4v) is 3.90. The number of pyridine rings is 2. The highest BCUT2D eigenvalue weighted by Crippen LogP contribution is 2.29. The Morgan fingerprint density at radius 1 is 1.09 bits per heavy atom. The van der Waals surface area contributed by atoms with Gasteiger partial charge in [-0.1, -0.05) is 0 Å². The molecule has 0 aromatic carbocycles. The second-order valence-corrected chi connectivity index (χ2v) is 7.76. The zero-order chi connectivity index (χ0) is 22.8. The summed E-state index contributed by atoms with van der Waals surface area (Å²) in [6.45, 7) is 4.11. The van der Waals surface area contributed by atoms with Gasteiger partial charge in [-0.05, 0) is 36.8 Å². The highest BCUT2D eigenvalue weighted by atomic mass is 19.1. The fraction of sp³-hybridized carbons (Fsp3) is 0.261. The van der Waals surface area contributed by atoms with E-state index in [-0.39, 0.29) is 11.6 Å². The normalized spacial score (nSPS) is 13.0. The molecule has 0 spiro atoms. The van der Waals surface area contributed by atoms with Crippen molar-refractivity contribution in [2.45, 2.75) is 26.6 Å². The summed E-state index contributed by atoms with van der Waals surface area (Å²) >= 11 is 0. The van der Waals surface area contributed by atoms with Crippen LogP contribution in [-0.2, 0) is 19.6 Å². The van der Waals surface area contributed by atoms with Crippen LogP contribution in [-0.4, -0.2) is 43.4 Å². The van der Waals surface area contributed by atoms with Crippen LogP contribution in [0.2, 0.25) is 0 Å². The molecule has 33 heavy (non-hydrogen) atoms. The Bertz CT molecular complexity index is 1290. The molecule has 0 radical (unpaired) electrons. The second kappa shape index (κ2) is 8.81. The third kappa shape index (κ3) is 4.19. The summed E-state index contributed by atoms with van der Waals surface area (Å²) in [7, 11) is 1.60. The number of ether oxygens (including phenoxy) is 1. The summed E-state index contributed by atoms with van der Waals surface area (Å²) in [6.07, 6.45) is 6.62. The van der Waals surface area contributed by atoms with Crippen LogP contribution < -0.4 is 15.0 Å². The molecule has 5 rings (SSSR count). The van der Waals surface area contributed by atoms with E-state index in [1.807, 2.05) is 40.8 Å². The molecule has 4 aromatic heterocycles. The van der Waals surface area contributed by atoms with Crippen LogP contribution in [0, 0.1) is 12.7 Å². The Hall–Kier alpha value is -4.08. The van der Waals surface area contributed by atoms with E-state index in [0.29, 0.717) is 31.9 Å². The minimum absolute atomic E-state index is 0.145. The summed E-state index contributed by atoms with van der Waals surface area (Å²) in [5, 5.41) is 7.33. The maximum atomic E-state index is 15.2. The molecule has 9 nitrogen and oxygen atoms in total. The van der Waals surface area contributed by atoms with Crippen molar-refractivity contribution < 1.29 is 9.13 Å². The number of nitrogens with one attached hydrogen (secondary N) is 1. The lowest BCUT2D eigenvalue weighted by atomic mass is 10.1. The minimum Gasteiger partial charge on any atom is -0.494 e. The Kier molecular flexibility index (Phi) is 5.55. The van der Waals surface area contributed by atoms with E-state index in [0.717, 1.165) is 28.2 Å². The molecule has 0 saturated heterocycles. The van der Waals surface area contributed by atoms with Crippen molar-refractivity contribution in [3.63, 3.8) is 0 Å². The molecule has 0 aliphatic carbocycles. The first-order valence-electron chi connectivity index (χ1n) is 10.6. The first-order valence-corrected chi connectivity index (χ1v) is 10.6. The van der Waals surface area contributed by atoms with Crippen molar-refractivity contribution in [2.75, 3.05) is 23.9 Å². The Balaban J connectivity index is 1.33. The maximum absolute atomic E-state index is 15.2. The van der Waals surface area contributed by atoms with E-state index in [1.54, 1.807) is 25.7 Å². The predicted octanol–water partition coefficient (Wildman–Crippen LogP) is 3.22. The number of fused-ring (bicyclic) bond motifs is 1. The van der Waals surface area contributed by atoms with E-state index in [2.05, 4.69) is 30.4 Å². The largest absolute Gasteiger partial charge is 0.494 e. The molecule has 0 bridgehead atoms. The van der Waals surface area contributed by atoms with E-state index < -0.39 is 5.82 Å². The molecule has 0 unspecified atom stereocenters. The minimum atomic E-state index is -0.478. The van der Waals surface area contributed by atoms with Crippen LogP contribution in [0.4, 0.5) is 16.0 Å². The van der Waals surface area contributed by atoms with Gasteiger partial charge in [0.1, 0.15) is 17.8 Å². The quantitative estimate of drug-likeness (QED) is 0.483. The molecule has 1 aliphatic rings. The van der Waals surface area contributed by atoms with Crippen molar-refractivity contribution in [2.24, 2.45) is 0 Å². The molecule has 1 N–H and O–H groups in total. The summed E-state index contributed by atoms with van der Waals surface area (Å²) < 4.78 is 22.7. The van der Waals surface area contributed by atoms with E-state index in [1.165, 1.54) is 6.33 Å². The van der Waals surface area contributed by atoms with Crippen LogP contribution in [0.1, 0.15) is 17.0 Å². The Morgan fingerprint density at radius 2 is 2.00 bits per heavy atom. The average Bonchev–Trinajstić information content (AvgIpc) is 3.31. The standard InChI is InChI=1S/C23H23FN8O/c1-15-9-17(3-5-25-15)21-19(33-2)10-16(11-26-21)12-27-22-20(24)23(29-14-28-22)31-7-8-32-18(13-31)4-6-30-32/h3-6,9-11,14H,7-8,12-13H2,1-2H3,(H,27,28,29). The SMILES string of the molecule is COc1cc(CNc2ncnc(N3CCn4nccc4C3)c2F)cnc1-c1ccnc(C)c1. The van der Waals surface area contributed by atoms with Gasteiger partial charge in [0.15, 0.2) is 11.6 Å². The van der Waals surface area contributed by atoms with Crippen molar-refractivity contribution in [3.05, 3.63) is 72.0 Å². The van der Waals surface area contributed by atoms with Gasteiger partial charge in [-0.3, -0.25) is 14.6 Å². The summed E-state index contributed by atoms with van der Waals surface area (Å²) in [5.74, 6) is 0.578. The van der Waals surface area contributed by atoms with Crippen LogP contribution in [0.15, 0.2) is 49.2 Å². The van der Waals surface area contributed by atoms with Gasteiger partial charge in [0.05, 0.1) is 25.9 Å². The molecule has 1 aliphatic heterocycles. The molecular weight excluding hydrogens is 423 g/mol. The van der Waals surface area contributed by atoms with Gasteiger partial charge < -0.3 is 15.0 Å². The topological polar surface area (TPSA) is 93.9 Å². The van der Waals surface area contributed by atoms with Crippen LogP contribution in [0.3, 0.4) is 0 Å². The van der Waals surface area contributed by atoms with E-state index in [9.17, 15) is 0 Å². The van der Waals surface area contributed by atoms with Crippen molar-refractivity contribution in [1.29, 1.82) is 0 Å². The van der Waals surface area contributed by atoms with Gasteiger partial charge >= 0.3 is 0 Å². The zero-order valence-corrected chi connectivity index (χ0v) is 18.4. The molecule has 0 atom stereocenters. The lowest BCUT2D eigenvalue weighted by molar-refractivity contribution is 0.414. The summed E-state index contributed by atoms with van der Waals surface area (Å²) in [4.78, 5) is 19.0. The van der Waals surface area contributed by atoms with Gasteiger partial charge in [-0.25, -0.2) is 9.97 Å². The van der Waals surface area contributed by atoms with Gasteiger partial charge in [0.25, 0.3) is 0 Å². The number of rotatable bonds is 6. The third-order valence-electron chi connectivity index (χ3n) is 5.57. The molecule has 4 aromatic rings. The second-order valence-electron chi connectivity index (χ2n) is 7.76. The van der Waals surface area contributed by atoms with E-state index in [4.69, 9.17) is 4.74 Å². The number of hydrogen-bond acceptors (Lipinski definition) is 8. The molecule has 10 heteroatoms. The average molecular weight is 446 g/mol. The van der Waals surface area contributed by atoms with Crippen molar-refractivity contribution in [3.8, 4) is 17.0 Å². The summed E-state index contributed by atoms with van der Waals surface area (Å²) in [6, 6.07) is 7.66. The van der Waals surface area contributed by atoms with Crippen LogP contribution in [0.5, 0.6) is 5.75 Å². The Morgan fingerprint density at radius 3 is 2.85 bits per heavy atom. The molecular formula is C23H23FN8O. The highest BCUT2D eigenvalue weighted by Gasteiger charge is 2.22. The van der Waals surface area contributed by atoms with Gasteiger partial charge in [0.2, 0.25) is 5.82 Å². The molecule has 5 heterocycles. The van der Waals surface area contributed by atoms with Crippen LogP contribution >= 0.6 is 0 Å². The smallest absolute Gasteiger partial charge is 0.207 e. The Labute approximate surface area is 190 Å². The number of aryl methyl sites for hydroxylation is 1. The lowest BCUT2D eigenvalue weighted by Gasteiger charge is -2.29. The summed E-state index contributed by atoms with van der Waals surface area (Å²) in [5.41, 5.74) is 4.41. The van der Waals surface area contributed by atoms with Crippen molar-refractivity contribution >= 4 is 11.6 Å². The molecule has 168 valence electrons. The zero-order valence-electron chi connectivity index (χ0n) is 18.4. The van der Waals surface area contributed by atoms with Crippen molar-refractivity contribution in [1.82, 2.24) is 29.7 Å². The number of hydrogen-bond donors (Lipinski definition) is 1. The fourth-order valence-electron chi connectivity index (χ4n) is 3.90. The molecule has 0 saturated carbocycles. The van der Waals surface area contributed by atoms with Gasteiger partial charge in [-0.2, -0.15) is 9.49 Å². The first kappa shape index (κ1) is 20.8. The predicted molar refractivity (Wildman–Crippen MR) is 121 cm³/mol. The number of methoxy groups -OCH3 is 1. The number of halogens is 1. The van der Waals surface area contributed by atoms with Crippen LogP contribution in [0.25, 0.3) is 11.3 Å². The van der Waals surface area contributed by atoms with Gasteiger partial charge in [0, 0.05) is 42.9 Å².